The number of carbonyl (C=O) groups excluding carboxylic acids is 1. The van der Waals surface area contributed by atoms with Crippen molar-refractivity contribution in [1.82, 2.24) is 9.88 Å². The topological polar surface area (TPSA) is 45.2 Å². The maximum Gasteiger partial charge on any atom is 0.257 e. The number of halogens is 1. The summed E-state index contributed by atoms with van der Waals surface area (Å²) in [6.07, 6.45) is 3.82. The number of nitrogens with one attached hydrogen (secondary N) is 1. The average molecular weight is 265 g/mol. The molecule has 0 bridgehead atoms. The van der Waals surface area contributed by atoms with Crippen molar-refractivity contribution in [3.8, 4) is 0 Å². The smallest absolute Gasteiger partial charge is 0.257 e. The Hall–Kier alpha value is -1.65. The van der Waals surface area contributed by atoms with Gasteiger partial charge in [-0.3, -0.25) is 4.79 Å². The van der Waals surface area contributed by atoms with Gasteiger partial charge in [-0.25, -0.2) is 9.37 Å². The predicted molar refractivity (Wildman–Crippen MR) is 72.7 cm³/mol. The van der Waals surface area contributed by atoms with Crippen molar-refractivity contribution in [2.75, 3.05) is 25.0 Å². The third kappa shape index (κ3) is 3.22. The summed E-state index contributed by atoms with van der Waals surface area (Å²) in [7, 11) is 0. The molecule has 0 atom stereocenters. The Balaban J connectivity index is 2.18. The van der Waals surface area contributed by atoms with E-state index >= 15 is 0 Å². The molecule has 1 aliphatic rings. The normalized spacial score (nSPS) is 14.3. The predicted octanol–water partition coefficient (Wildman–Crippen LogP) is 2.52. The third-order valence-electron chi connectivity index (χ3n) is 3.31. The van der Waals surface area contributed by atoms with Gasteiger partial charge in [-0.15, -0.1) is 0 Å². The van der Waals surface area contributed by atoms with E-state index in [1.807, 2.05) is 13.8 Å². The van der Waals surface area contributed by atoms with Crippen LogP contribution in [0.3, 0.4) is 0 Å². The molecule has 2 rings (SSSR count). The molecular weight excluding hydrogens is 245 g/mol. The van der Waals surface area contributed by atoms with Gasteiger partial charge in [0.05, 0.1) is 5.56 Å². The first kappa shape index (κ1) is 13.8. The Morgan fingerprint density at radius 2 is 2.26 bits per heavy atom. The highest BCUT2D eigenvalue weighted by Gasteiger charge is 2.28. The first-order chi connectivity index (χ1) is 9.17. The molecule has 1 saturated carbocycles. The molecule has 104 valence electrons. The highest BCUT2D eigenvalue weighted by molar-refractivity contribution is 5.95. The number of hydrogen-bond acceptors (Lipinski definition) is 3. The fourth-order valence-electron chi connectivity index (χ4n) is 2.04. The maximum atomic E-state index is 14.2. The highest BCUT2D eigenvalue weighted by Crippen LogP contribution is 2.30. The standard InChI is InChI=1S/C14H20FN3O/c1-3-16-13-12(15)11(7-8-17-13)14(19)18(4-2)9-10-5-6-10/h7-8,10H,3-6,9H2,1-2H3,(H,16,17). The zero-order valence-corrected chi connectivity index (χ0v) is 11.4. The molecule has 19 heavy (non-hydrogen) atoms. The molecule has 0 aliphatic heterocycles. The average Bonchev–Trinajstić information content (AvgIpc) is 3.22. The number of aromatic nitrogens is 1. The molecule has 0 saturated heterocycles. The zero-order valence-electron chi connectivity index (χ0n) is 11.4. The van der Waals surface area contributed by atoms with Gasteiger partial charge in [0, 0.05) is 25.8 Å². The van der Waals surface area contributed by atoms with Gasteiger partial charge in [0.2, 0.25) is 0 Å². The van der Waals surface area contributed by atoms with Crippen LogP contribution in [0.25, 0.3) is 0 Å². The minimum atomic E-state index is -0.552. The van der Waals surface area contributed by atoms with Crippen molar-refractivity contribution < 1.29 is 9.18 Å². The van der Waals surface area contributed by atoms with Crippen LogP contribution >= 0.6 is 0 Å². The second-order valence-corrected chi connectivity index (χ2v) is 4.84. The SMILES string of the molecule is CCNc1nccc(C(=O)N(CC)CC2CC2)c1F. The molecule has 1 heterocycles. The minimum absolute atomic E-state index is 0.105. The Labute approximate surface area is 113 Å². The molecule has 5 heteroatoms. The van der Waals surface area contributed by atoms with Gasteiger partial charge >= 0.3 is 0 Å². The summed E-state index contributed by atoms with van der Waals surface area (Å²) < 4.78 is 14.2. The van der Waals surface area contributed by atoms with Crippen LogP contribution in [-0.2, 0) is 0 Å². The number of amides is 1. The van der Waals surface area contributed by atoms with Crippen LogP contribution in [0.2, 0.25) is 0 Å². The molecule has 0 spiro atoms. The first-order valence-electron chi connectivity index (χ1n) is 6.85. The van der Waals surface area contributed by atoms with Crippen LogP contribution in [-0.4, -0.2) is 35.4 Å². The number of hydrogen-bond donors (Lipinski definition) is 1. The molecule has 1 aromatic rings. The molecule has 1 N–H and O–H groups in total. The summed E-state index contributed by atoms with van der Waals surface area (Å²) in [6, 6.07) is 1.45. The van der Waals surface area contributed by atoms with Crippen molar-refractivity contribution in [3.63, 3.8) is 0 Å². The Morgan fingerprint density at radius 1 is 1.53 bits per heavy atom. The van der Waals surface area contributed by atoms with E-state index in [1.165, 1.54) is 25.1 Å². The fraction of sp³-hybridized carbons (Fsp3) is 0.571. The summed E-state index contributed by atoms with van der Waals surface area (Å²) in [6.45, 7) is 5.69. The molecule has 1 amide bonds. The quantitative estimate of drug-likeness (QED) is 0.859. The molecule has 0 aromatic carbocycles. The van der Waals surface area contributed by atoms with Crippen LogP contribution in [0.1, 0.15) is 37.0 Å². The summed E-state index contributed by atoms with van der Waals surface area (Å²) in [5, 5.41) is 2.82. The number of nitrogens with zero attached hydrogens (tertiary/aromatic N) is 2. The maximum absolute atomic E-state index is 14.2. The third-order valence-corrected chi connectivity index (χ3v) is 3.31. The molecule has 1 aromatic heterocycles. The van der Waals surface area contributed by atoms with E-state index < -0.39 is 5.82 Å². The summed E-state index contributed by atoms with van der Waals surface area (Å²) in [5.74, 6) is -0.0464. The van der Waals surface area contributed by atoms with Crippen molar-refractivity contribution in [2.45, 2.75) is 26.7 Å². The lowest BCUT2D eigenvalue weighted by molar-refractivity contribution is 0.0752. The van der Waals surface area contributed by atoms with Crippen LogP contribution in [0, 0.1) is 11.7 Å². The van der Waals surface area contributed by atoms with E-state index in [4.69, 9.17) is 0 Å². The van der Waals surface area contributed by atoms with Crippen molar-refractivity contribution in [2.24, 2.45) is 5.92 Å². The monoisotopic (exact) mass is 265 g/mol. The molecular formula is C14H20FN3O. The van der Waals surface area contributed by atoms with Gasteiger partial charge in [-0.05, 0) is 38.7 Å². The number of rotatable bonds is 6. The molecule has 4 nitrogen and oxygen atoms in total. The number of carbonyl (C=O) groups is 1. The second kappa shape index (κ2) is 5.99. The minimum Gasteiger partial charge on any atom is -0.368 e. The lowest BCUT2D eigenvalue weighted by Gasteiger charge is -2.21. The molecule has 1 fully saturated rings. The molecule has 0 unspecified atom stereocenters. The van der Waals surface area contributed by atoms with E-state index in [2.05, 4.69) is 10.3 Å². The van der Waals surface area contributed by atoms with Gasteiger partial charge in [0.1, 0.15) is 0 Å². The van der Waals surface area contributed by atoms with Crippen LogP contribution in [0.5, 0.6) is 0 Å². The van der Waals surface area contributed by atoms with E-state index in [9.17, 15) is 9.18 Å². The van der Waals surface area contributed by atoms with Crippen LogP contribution in [0.15, 0.2) is 12.3 Å². The lowest BCUT2D eigenvalue weighted by Crippen LogP contribution is -2.33. The van der Waals surface area contributed by atoms with Gasteiger partial charge < -0.3 is 10.2 Å². The second-order valence-electron chi connectivity index (χ2n) is 4.84. The van der Waals surface area contributed by atoms with Crippen molar-refractivity contribution in [3.05, 3.63) is 23.6 Å². The van der Waals surface area contributed by atoms with Gasteiger partial charge in [0.15, 0.2) is 11.6 Å². The first-order valence-corrected chi connectivity index (χ1v) is 6.85. The highest BCUT2D eigenvalue weighted by atomic mass is 19.1. The van der Waals surface area contributed by atoms with Gasteiger partial charge in [-0.2, -0.15) is 0 Å². The van der Waals surface area contributed by atoms with E-state index in [0.29, 0.717) is 19.0 Å². The molecule has 1 aliphatic carbocycles. The van der Waals surface area contributed by atoms with Crippen molar-refractivity contribution >= 4 is 11.7 Å². The lowest BCUT2D eigenvalue weighted by atomic mass is 10.2. The Kier molecular flexibility index (Phi) is 4.35. The van der Waals surface area contributed by atoms with Gasteiger partial charge in [0.25, 0.3) is 5.91 Å². The fourth-order valence-corrected chi connectivity index (χ4v) is 2.04. The number of pyridine rings is 1. The van der Waals surface area contributed by atoms with E-state index in [-0.39, 0.29) is 17.3 Å². The summed E-state index contributed by atoms with van der Waals surface area (Å²) in [5.41, 5.74) is 0.105. The van der Waals surface area contributed by atoms with Crippen LogP contribution in [0.4, 0.5) is 10.2 Å². The zero-order chi connectivity index (χ0) is 13.8. The van der Waals surface area contributed by atoms with Gasteiger partial charge in [-0.1, -0.05) is 0 Å². The Morgan fingerprint density at radius 3 is 2.84 bits per heavy atom. The summed E-state index contributed by atoms with van der Waals surface area (Å²) in [4.78, 5) is 18.0. The largest absolute Gasteiger partial charge is 0.368 e. The Bertz CT molecular complexity index is 460. The van der Waals surface area contributed by atoms with E-state index in [1.54, 1.807) is 4.90 Å². The van der Waals surface area contributed by atoms with Crippen LogP contribution < -0.4 is 5.32 Å². The summed E-state index contributed by atoms with van der Waals surface area (Å²) >= 11 is 0. The van der Waals surface area contributed by atoms with Crippen molar-refractivity contribution in [1.29, 1.82) is 0 Å². The van der Waals surface area contributed by atoms with E-state index in [0.717, 1.165) is 6.54 Å². The number of anilines is 1. The molecule has 0 radical (unpaired) electrons.